The van der Waals surface area contributed by atoms with Gasteiger partial charge in [-0.05, 0) is 145 Å². The first kappa shape index (κ1) is 81.1. The van der Waals surface area contributed by atoms with E-state index in [0.717, 1.165) is 109 Å². The molecule has 0 bridgehead atoms. The molecule has 8 rings (SSSR count). The molecule has 6 aromatic carbocycles. The smallest absolute Gasteiger partial charge is 0.744 e. The summed E-state index contributed by atoms with van der Waals surface area (Å²) in [6.45, 7) is 0. The molecule has 0 fully saturated rings. The zero-order valence-electron chi connectivity index (χ0n) is 45.9. The number of Topliss-reactive ketones (excluding diaryl/α,β-unsaturated/α-hetero) is 2. The normalized spacial score (nSPS) is 14.2. The number of carbonyl (C=O) groups is 3. The van der Waals surface area contributed by atoms with Gasteiger partial charge in [-0.3, -0.25) is 20.4 Å². The summed E-state index contributed by atoms with van der Waals surface area (Å²) in [5, 5.41) is 27.1. The van der Waals surface area contributed by atoms with Crippen molar-refractivity contribution in [3.05, 3.63) is 153 Å². The summed E-state index contributed by atoms with van der Waals surface area (Å²) in [6, 6.07) is 19.1. The summed E-state index contributed by atoms with van der Waals surface area (Å²) in [7, 11) is -31.5. The van der Waals surface area contributed by atoms with Crippen LogP contribution in [0.5, 0.6) is 0 Å². The van der Waals surface area contributed by atoms with Crippen LogP contribution in [0, 0.1) is 0 Å². The van der Waals surface area contributed by atoms with Gasteiger partial charge >= 0.3 is 183 Å². The van der Waals surface area contributed by atoms with E-state index in [0.29, 0.717) is 24.3 Å². The number of fused-ring (bicyclic) bond motifs is 2. The van der Waals surface area contributed by atoms with Crippen molar-refractivity contribution in [1.82, 2.24) is 0 Å². The first-order valence-electron chi connectivity index (χ1n) is 21.8. The van der Waals surface area contributed by atoms with Gasteiger partial charge in [-0.1, -0.05) is 0 Å². The fraction of sp³-hybridized carbons (Fsp3) is 0. The number of nitrogens with one attached hydrogen (secondary N) is 4. The molecule has 424 valence electrons. The number of rotatable bonds is 16. The number of hydrogen-bond acceptors (Lipinski definition) is 29. The fourth-order valence-electron chi connectivity index (χ4n) is 7.28. The number of amides is 2. The van der Waals surface area contributed by atoms with Gasteiger partial charge in [-0.2, -0.15) is 30.7 Å². The molecule has 6 aromatic rings. The van der Waals surface area contributed by atoms with Crippen LogP contribution in [0.4, 0.5) is 50.3 Å². The standard InChI is InChI=1S/C45H32N10O21S6.6Na/c56-43-33-13-5-27(17-23(33)19-39(81(71,72)73)41(43)54-52-35-15-7-29(21-37(35)79(65,66)67)50-48-25-1-9-31(10-2-25)77(59,60)61)46-45(58)47-28-6-14-34-24(18-28)20-40(82(74,75)76)42(44(34)57)55-53-36-16-8-30(22-38(36)80(68,69)70)51-49-26-3-11-32(12-4-26)78(62,63)64;;;;;;/h1-22,52-53H,(H2,46,47,58)(H,59,60,61)(H,62,63,64)(H,65,66,67)(H,68,69,70)(H,71,72,73)(H,74,75,76);;;;;;/q;6*+1/p-6/b50-48?,51-49?,54-41+,55-42+;;;;;;. The second-order valence-electron chi connectivity index (χ2n) is 16.5. The maximum Gasteiger partial charge on any atom is 1.00 e. The van der Waals surface area contributed by atoms with Crippen LogP contribution < -0.4 is 199 Å². The summed E-state index contributed by atoms with van der Waals surface area (Å²) >= 11 is 0. The van der Waals surface area contributed by atoms with Crippen molar-refractivity contribution in [3.63, 3.8) is 0 Å². The number of anilines is 4. The summed E-state index contributed by atoms with van der Waals surface area (Å²) in [6.07, 6.45) is 1.41. The average molecular weight is 1370 g/mol. The first-order valence-corrected chi connectivity index (χ1v) is 30.2. The van der Waals surface area contributed by atoms with Crippen molar-refractivity contribution < 1.29 is 270 Å². The molecular weight excluding hydrogens is 1350 g/mol. The Kier molecular flexibility index (Phi) is 29.7. The van der Waals surface area contributed by atoms with Crippen LogP contribution in [-0.4, -0.2) is 107 Å². The SMILES string of the molecule is O=C(Nc1ccc2c(c1)C=C(S(=O)(=O)[O-])/C(=N\Nc1ccc(N=Nc3ccc(S(=O)(=O)[O-])cc3)cc1S(=O)(=O)[O-])C2=O)Nc1ccc2c(c1)C=C(S(=O)(=O)[O-])/C(=N\Nc1ccc(N=Nc3ccc(S(=O)(=O)[O-])cc3)cc1S(=O)(=O)[O-])C2=O.[Na+].[Na+].[Na+].[Na+].[Na+].[Na+]. The van der Waals surface area contributed by atoms with E-state index in [2.05, 4.69) is 52.1 Å². The van der Waals surface area contributed by atoms with Gasteiger partial charge in [0.25, 0.3) is 0 Å². The van der Waals surface area contributed by atoms with Gasteiger partial charge in [0, 0.05) is 22.5 Å². The molecule has 0 atom stereocenters. The Morgan fingerprint density at radius 2 is 0.670 bits per heavy atom. The second kappa shape index (κ2) is 32.2. The predicted molar refractivity (Wildman–Crippen MR) is 278 cm³/mol. The average Bonchev–Trinajstić information content (AvgIpc) is 3.51. The summed E-state index contributed by atoms with van der Waals surface area (Å²) in [5.41, 5.74) is -1.15. The number of azo groups is 2. The minimum atomic E-state index is -5.58. The number of allylic oxidation sites excluding steroid dienone is 2. The van der Waals surface area contributed by atoms with Crippen LogP contribution in [0.3, 0.4) is 0 Å². The van der Waals surface area contributed by atoms with Gasteiger partial charge < -0.3 is 38.0 Å². The Bertz CT molecular complexity index is 4400. The van der Waals surface area contributed by atoms with Crippen LogP contribution in [0.2, 0.25) is 0 Å². The first-order chi connectivity index (χ1) is 38.1. The zero-order chi connectivity index (χ0) is 59.9. The summed E-state index contributed by atoms with van der Waals surface area (Å²) in [5.74, 6) is -2.44. The second-order valence-corrected chi connectivity index (χ2v) is 24.6. The molecule has 0 saturated heterocycles. The van der Waals surface area contributed by atoms with Gasteiger partial charge in [-0.15, -0.1) is 0 Å². The van der Waals surface area contributed by atoms with Gasteiger partial charge in [-0.25, -0.2) is 55.3 Å². The minimum absolute atomic E-state index is 0. The molecule has 0 saturated carbocycles. The largest absolute Gasteiger partial charge is 1.00 e. The molecule has 0 aliphatic heterocycles. The molecule has 2 aliphatic carbocycles. The maximum absolute atomic E-state index is 13.7. The van der Waals surface area contributed by atoms with Crippen LogP contribution in [0.15, 0.2) is 181 Å². The van der Waals surface area contributed by atoms with E-state index < -0.39 is 130 Å². The summed E-state index contributed by atoms with van der Waals surface area (Å²) in [4.78, 5) is 34.8. The molecule has 4 N–H and O–H groups in total. The number of nitrogens with zero attached hydrogens (tertiary/aromatic N) is 6. The Morgan fingerprint density at radius 3 is 0.966 bits per heavy atom. The monoisotopic (exact) mass is 1370 g/mol. The van der Waals surface area contributed by atoms with E-state index in [1.54, 1.807) is 0 Å². The van der Waals surface area contributed by atoms with Crippen molar-refractivity contribution >= 4 is 147 Å². The number of hydrogen-bond donors (Lipinski definition) is 4. The number of hydrazone groups is 2. The Hall–Kier alpha value is -2.99. The van der Waals surface area contributed by atoms with Crippen molar-refractivity contribution in [3.8, 4) is 0 Å². The van der Waals surface area contributed by atoms with Crippen molar-refractivity contribution in [1.29, 1.82) is 0 Å². The number of benzene rings is 6. The Morgan fingerprint density at radius 1 is 0.364 bits per heavy atom. The number of ketones is 2. The quantitative estimate of drug-likeness (QED) is 0.0302. The molecular formula is C45H26N10Na6O21S6. The molecule has 0 radical (unpaired) electrons. The van der Waals surface area contributed by atoms with Gasteiger partial charge in [0.15, 0.2) is 0 Å². The van der Waals surface area contributed by atoms with Crippen LogP contribution in [-0.2, 0) is 60.7 Å². The maximum atomic E-state index is 13.7. The van der Waals surface area contributed by atoms with E-state index >= 15 is 0 Å². The Labute approximate surface area is 632 Å². The van der Waals surface area contributed by atoms with E-state index in [-0.39, 0.29) is 234 Å². The Balaban J connectivity index is 0.00000440. The number of urea groups is 1. The molecule has 0 unspecified atom stereocenters. The van der Waals surface area contributed by atoms with Gasteiger partial charge in [0.1, 0.15) is 72.1 Å². The molecule has 31 nitrogen and oxygen atoms in total. The van der Waals surface area contributed by atoms with Crippen molar-refractivity contribution in [2.45, 2.75) is 19.6 Å². The van der Waals surface area contributed by atoms with Crippen LogP contribution in [0.25, 0.3) is 12.2 Å². The van der Waals surface area contributed by atoms with Crippen LogP contribution in [0.1, 0.15) is 31.8 Å². The molecule has 0 heterocycles. The van der Waals surface area contributed by atoms with E-state index in [9.17, 15) is 92.2 Å². The number of carbonyl (C=O) groups excluding carboxylic acids is 3. The van der Waals surface area contributed by atoms with E-state index in [1.165, 1.54) is 0 Å². The predicted octanol–water partition coefficient (Wildman–Crippen LogP) is -13.1. The van der Waals surface area contributed by atoms with Crippen LogP contribution >= 0.6 is 0 Å². The molecule has 88 heavy (non-hydrogen) atoms. The third-order valence-corrected chi connectivity index (χ3v) is 16.1. The third kappa shape index (κ3) is 20.5. The van der Waals surface area contributed by atoms with Gasteiger partial charge in [0.2, 0.25) is 11.6 Å². The fourth-order valence-corrected chi connectivity index (χ4v) is 10.8. The van der Waals surface area contributed by atoms with E-state index in [1.807, 2.05) is 0 Å². The third-order valence-electron chi connectivity index (χ3n) is 11.0. The molecule has 2 amide bonds. The molecule has 0 spiro atoms. The molecule has 0 aromatic heterocycles. The molecule has 43 heteroatoms. The van der Waals surface area contributed by atoms with Gasteiger partial charge in [0.05, 0.1) is 63.5 Å². The summed E-state index contributed by atoms with van der Waals surface area (Å²) < 4.78 is 216. The topological polar surface area (TPSA) is 517 Å². The molecule has 2 aliphatic rings. The van der Waals surface area contributed by atoms with Crippen molar-refractivity contribution in [2.75, 3.05) is 21.5 Å². The van der Waals surface area contributed by atoms with Crippen molar-refractivity contribution in [2.24, 2.45) is 30.7 Å². The minimum Gasteiger partial charge on any atom is -0.744 e. The zero-order valence-corrected chi connectivity index (χ0v) is 62.8. The van der Waals surface area contributed by atoms with E-state index in [4.69, 9.17) is 0 Å².